The summed E-state index contributed by atoms with van der Waals surface area (Å²) < 4.78 is 3.82. The van der Waals surface area contributed by atoms with E-state index in [2.05, 4.69) is 22.5 Å². The summed E-state index contributed by atoms with van der Waals surface area (Å²) >= 11 is 0. The van der Waals surface area contributed by atoms with E-state index >= 15 is 0 Å². The van der Waals surface area contributed by atoms with Crippen LogP contribution in [0.5, 0.6) is 0 Å². The summed E-state index contributed by atoms with van der Waals surface area (Å²) in [5, 5.41) is 12.3. The van der Waals surface area contributed by atoms with Crippen molar-refractivity contribution in [1.82, 2.24) is 24.9 Å². The molecule has 6 heteroatoms. The molecule has 4 rings (SSSR count). The molecule has 0 radical (unpaired) electrons. The number of nitrogens with one attached hydrogen (secondary N) is 1. The zero-order chi connectivity index (χ0) is 21.6. The van der Waals surface area contributed by atoms with E-state index in [1.54, 1.807) is 0 Å². The number of carbonyl (C=O) groups is 1. The average molecular weight is 414 g/mol. The zero-order valence-corrected chi connectivity index (χ0v) is 18.0. The molecule has 0 spiro atoms. The Morgan fingerprint density at radius 3 is 2.35 bits per heavy atom. The number of hydrogen-bond acceptors (Lipinski definition) is 3. The third kappa shape index (κ3) is 5.28. The van der Waals surface area contributed by atoms with Crippen molar-refractivity contribution in [2.24, 2.45) is 0 Å². The van der Waals surface area contributed by atoms with E-state index in [-0.39, 0.29) is 5.91 Å². The highest BCUT2D eigenvalue weighted by molar-refractivity contribution is 5.76. The predicted octanol–water partition coefficient (Wildman–Crippen LogP) is 4.12. The molecule has 0 aliphatic rings. The SMILES string of the molecule is Cc1cc(C)n(CCC(=O)NCc2cn(Cc3ccccc3)nc2-c2ccccc2)n1. The van der Waals surface area contributed by atoms with Gasteiger partial charge in [-0.1, -0.05) is 60.7 Å². The first kappa shape index (κ1) is 20.6. The maximum Gasteiger partial charge on any atom is 0.222 e. The molecule has 0 aliphatic carbocycles. The van der Waals surface area contributed by atoms with Gasteiger partial charge in [-0.25, -0.2) is 0 Å². The fourth-order valence-electron chi connectivity index (χ4n) is 3.67. The van der Waals surface area contributed by atoms with Crippen LogP contribution in [0.3, 0.4) is 0 Å². The summed E-state index contributed by atoms with van der Waals surface area (Å²) in [6.07, 6.45) is 2.41. The van der Waals surface area contributed by atoms with E-state index in [9.17, 15) is 4.79 Å². The molecular formula is C25H27N5O. The van der Waals surface area contributed by atoms with E-state index in [0.29, 0.717) is 26.1 Å². The minimum Gasteiger partial charge on any atom is -0.352 e. The minimum absolute atomic E-state index is 0.00220. The molecule has 31 heavy (non-hydrogen) atoms. The fourth-order valence-corrected chi connectivity index (χ4v) is 3.67. The first-order valence-electron chi connectivity index (χ1n) is 10.5. The molecule has 0 saturated heterocycles. The van der Waals surface area contributed by atoms with Crippen LogP contribution in [0, 0.1) is 13.8 Å². The van der Waals surface area contributed by atoms with Crippen LogP contribution in [-0.2, 0) is 24.4 Å². The van der Waals surface area contributed by atoms with Crippen molar-refractivity contribution < 1.29 is 4.79 Å². The second kappa shape index (κ2) is 9.43. The number of benzene rings is 2. The highest BCUT2D eigenvalue weighted by Gasteiger charge is 2.13. The monoisotopic (exact) mass is 413 g/mol. The predicted molar refractivity (Wildman–Crippen MR) is 121 cm³/mol. The molecular weight excluding hydrogens is 386 g/mol. The molecule has 4 aromatic rings. The number of aryl methyl sites for hydroxylation is 3. The average Bonchev–Trinajstić information content (AvgIpc) is 3.33. The molecule has 0 saturated carbocycles. The summed E-state index contributed by atoms with van der Waals surface area (Å²) in [5.41, 5.74) is 6.17. The van der Waals surface area contributed by atoms with Gasteiger partial charge in [0.05, 0.1) is 17.9 Å². The van der Waals surface area contributed by atoms with Gasteiger partial charge in [-0.15, -0.1) is 0 Å². The maximum absolute atomic E-state index is 12.5. The van der Waals surface area contributed by atoms with Crippen LogP contribution in [0.25, 0.3) is 11.3 Å². The van der Waals surface area contributed by atoms with Crippen LogP contribution in [-0.4, -0.2) is 25.5 Å². The second-order valence-corrected chi connectivity index (χ2v) is 7.73. The van der Waals surface area contributed by atoms with E-state index in [1.165, 1.54) is 5.56 Å². The third-order valence-electron chi connectivity index (χ3n) is 5.20. The van der Waals surface area contributed by atoms with E-state index in [1.807, 2.05) is 84.0 Å². The number of hydrogen-bond donors (Lipinski definition) is 1. The number of carbonyl (C=O) groups excluding carboxylic acids is 1. The van der Waals surface area contributed by atoms with Crippen molar-refractivity contribution >= 4 is 5.91 Å². The standard InChI is InChI=1S/C25H27N5O/c1-19-15-20(2)30(27-19)14-13-24(31)26-16-23-18-29(17-21-9-5-3-6-10-21)28-25(23)22-11-7-4-8-12-22/h3-12,15,18H,13-14,16-17H2,1-2H3,(H,26,31). The highest BCUT2D eigenvalue weighted by atomic mass is 16.1. The van der Waals surface area contributed by atoms with Gasteiger partial charge in [0.1, 0.15) is 0 Å². The maximum atomic E-state index is 12.5. The summed E-state index contributed by atoms with van der Waals surface area (Å²) in [6, 6.07) is 22.3. The van der Waals surface area contributed by atoms with Crippen LogP contribution in [0.15, 0.2) is 72.9 Å². The van der Waals surface area contributed by atoms with Gasteiger partial charge < -0.3 is 5.32 Å². The van der Waals surface area contributed by atoms with E-state index < -0.39 is 0 Å². The Hall–Kier alpha value is -3.67. The zero-order valence-electron chi connectivity index (χ0n) is 18.0. The van der Waals surface area contributed by atoms with Gasteiger partial charge >= 0.3 is 0 Å². The Balaban J connectivity index is 1.45. The topological polar surface area (TPSA) is 64.7 Å². The van der Waals surface area contributed by atoms with Crippen molar-refractivity contribution in [3.05, 3.63) is 95.4 Å². The molecule has 0 aliphatic heterocycles. The van der Waals surface area contributed by atoms with Crippen LogP contribution in [0.2, 0.25) is 0 Å². The van der Waals surface area contributed by atoms with Gasteiger partial charge in [0.25, 0.3) is 0 Å². The van der Waals surface area contributed by atoms with Crippen LogP contribution in [0.1, 0.15) is 28.9 Å². The van der Waals surface area contributed by atoms with Crippen LogP contribution >= 0.6 is 0 Å². The Kier molecular flexibility index (Phi) is 6.26. The molecule has 6 nitrogen and oxygen atoms in total. The van der Waals surface area contributed by atoms with Gasteiger partial charge in [-0.2, -0.15) is 10.2 Å². The first-order chi connectivity index (χ1) is 15.1. The molecule has 158 valence electrons. The molecule has 0 atom stereocenters. The second-order valence-electron chi connectivity index (χ2n) is 7.73. The van der Waals surface area contributed by atoms with E-state index in [4.69, 9.17) is 5.10 Å². The lowest BCUT2D eigenvalue weighted by atomic mass is 10.1. The van der Waals surface area contributed by atoms with Crippen molar-refractivity contribution in [3.63, 3.8) is 0 Å². The van der Waals surface area contributed by atoms with Gasteiger partial charge in [-0.05, 0) is 25.5 Å². The first-order valence-corrected chi connectivity index (χ1v) is 10.5. The Labute approximate surface area is 182 Å². The number of aromatic nitrogens is 4. The van der Waals surface area contributed by atoms with Gasteiger partial charge in [0.2, 0.25) is 5.91 Å². The minimum atomic E-state index is 0.00220. The molecule has 2 aromatic carbocycles. The lowest BCUT2D eigenvalue weighted by Crippen LogP contribution is -2.24. The largest absolute Gasteiger partial charge is 0.352 e. The molecule has 0 bridgehead atoms. The number of amides is 1. The molecule has 1 N–H and O–H groups in total. The van der Waals surface area contributed by atoms with Crippen molar-refractivity contribution in [1.29, 1.82) is 0 Å². The fraction of sp³-hybridized carbons (Fsp3) is 0.240. The number of nitrogens with zero attached hydrogens (tertiary/aromatic N) is 4. The van der Waals surface area contributed by atoms with Gasteiger partial charge in [0, 0.05) is 42.5 Å². The normalized spacial score (nSPS) is 10.9. The third-order valence-corrected chi connectivity index (χ3v) is 5.20. The van der Waals surface area contributed by atoms with Gasteiger partial charge in [0.15, 0.2) is 0 Å². The summed E-state index contributed by atoms with van der Waals surface area (Å²) in [6.45, 7) is 5.67. The van der Waals surface area contributed by atoms with Crippen molar-refractivity contribution in [2.75, 3.05) is 0 Å². The van der Waals surface area contributed by atoms with Crippen molar-refractivity contribution in [3.8, 4) is 11.3 Å². The molecule has 0 fully saturated rings. The lowest BCUT2D eigenvalue weighted by molar-refractivity contribution is -0.121. The number of rotatable bonds is 8. The lowest BCUT2D eigenvalue weighted by Gasteiger charge is -2.07. The highest BCUT2D eigenvalue weighted by Crippen LogP contribution is 2.22. The van der Waals surface area contributed by atoms with Crippen molar-refractivity contribution in [2.45, 2.75) is 39.9 Å². The molecule has 2 heterocycles. The quantitative estimate of drug-likeness (QED) is 0.473. The summed E-state index contributed by atoms with van der Waals surface area (Å²) in [4.78, 5) is 12.5. The molecule has 2 aromatic heterocycles. The van der Waals surface area contributed by atoms with E-state index in [0.717, 1.165) is 28.2 Å². The Bertz CT molecular complexity index is 1150. The smallest absolute Gasteiger partial charge is 0.222 e. The van der Waals surface area contributed by atoms with Crippen LogP contribution in [0.4, 0.5) is 0 Å². The summed E-state index contributed by atoms with van der Waals surface area (Å²) in [7, 11) is 0. The van der Waals surface area contributed by atoms with Gasteiger partial charge in [-0.3, -0.25) is 14.2 Å². The molecule has 0 unspecified atom stereocenters. The Morgan fingerprint density at radius 1 is 0.968 bits per heavy atom. The summed E-state index contributed by atoms with van der Waals surface area (Å²) in [5.74, 6) is 0.00220. The Morgan fingerprint density at radius 2 is 1.68 bits per heavy atom. The van der Waals surface area contributed by atoms with Crippen LogP contribution < -0.4 is 5.32 Å². The molecule has 1 amide bonds.